The van der Waals surface area contributed by atoms with Gasteiger partial charge in [0.1, 0.15) is 11.2 Å². The molecule has 6 nitrogen and oxygen atoms in total. The van der Waals surface area contributed by atoms with E-state index in [0.29, 0.717) is 11.7 Å². The van der Waals surface area contributed by atoms with Crippen LogP contribution in [0.15, 0.2) is 57.4 Å². The maximum atomic E-state index is 6.92. The van der Waals surface area contributed by atoms with Gasteiger partial charge in [0.15, 0.2) is 0 Å². The van der Waals surface area contributed by atoms with E-state index in [0.717, 1.165) is 44.0 Å². The molecule has 0 spiro atoms. The molecule has 6 heterocycles. The molecule has 0 saturated carbocycles. The zero-order chi connectivity index (χ0) is 33.4. The van der Waals surface area contributed by atoms with Crippen molar-refractivity contribution in [2.75, 3.05) is 0 Å². The van der Waals surface area contributed by atoms with Gasteiger partial charge in [-0.05, 0) is 89.7 Å². The van der Waals surface area contributed by atoms with Crippen LogP contribution < -0.4 is 16.4 Å². The summed E-state index contributed by atoms with van der Waals surface area (Å²) in [5.74, 6) is 1.28. The van der Waals surface area contributed by atoms with Crippen LogP contribution in [0.4, 0.5) is 0 Å². The van der Waals surface area contributed by atoms with Gasteiger partial charge in [0.2, 0.25) is 0 Å². The maximum Gasteiger partial charge on any atom is 0.307 e. The summed E-state index contributed by atoms with van der Waals surface area (Å²) >= 11 is 0. The van der Waals surface area contributed by atoms with E-state index in [1.54, 1.807) is 0 Å². The van der Waals surface area contributed by atoms with E-state index in [1.807, 2.05) is 0 Å². The molecule has 0 amide bonds. The van der Waals surface area contributed by atoms with Gasteiger partial charge in [0.25, 0.3) is 6.71 Å². The first-order chi connectivity index (χ1) is 23.2. The van der Waals surface area contributed by atoms with Crippen molar-refractivity contribution in [2.24, 2.45) is 0 Å². The molecule has 4 aromatic heterocycles. The summed E-state index contributed by atoms with van der Waals surface area (Å²) in [4.78, 5) is 10.5. The quantitative estimate of drug-likeness (QED) is 0.0947. The van der Waals surface area contributed by atoms with Crippen LogP contribution in [-0.2, 0) is 16.2 Å². The first-order valence-electron chi connectivity index (χ1n) is 17.5. The van der Waals surface area contributed by atoms with Crippen LogP contribution in [0.2, 0.25) is 0 Å². The lowest BCUT2D eigenvalue weighted by atomic mass is 9.34. The van der Waals surface area contributed by atoms with Crippen molar-refractivity contribution >= 4 is 111 Å². The van der Waals surface area contributed by atoms with Crippen molar-refractivity contribution < 1.29 is 8.83 Å². The molecular weight excluding hydrogens is 603 g/mol. The number of fused-ring (bicyclic) bond motifs is 2. The molecule has 49 heavy (non-hydrogen) atoms. The topological polar surface area (TPSA) is 60.9 Å². The third-order valence-corrected chi connectivity index (χ3v) is 11.9. The second-order valence-corrected chi connectivity index (χ2v) is 18.0. The summed E-state index contributed by atoms with van der Waals surface area (Å²) in [6, 6.07) is 18.7. The summed E-state index contributed by atoms with van der Waals surface area (Å²) in [7, 11) is 0. The Hall–Kier alpha value is -5.04. The molecule has 0 atom stereocenters. The molecule has 0 unspecified atom stereocenters. The lowest BCUT2D eigenvalue weighted by Gasteiger charge is -2.32. The van der Waals surface area contributed by atoms with Crippen molar-refractivity contribution in [3.8, 4) is 0 Å². The molecule has 0 fully saturated rings. The van der Waals surface area contributed by atoms with Crippen LogP contribution in [0.1, 0.15) is 79.0 Å². The number of aromatic nitrogens is 4. The summed E-state index contributed by atoms with van der Waals surface area (Å²) in [6.07, 6.45) is 0. The molecule has 6 aromatic carbocycles. The zero-order valence-corrected chi connectivity index (χ0v) is 29.3. The lowest BCUT2D eigenvalue weighted by Crippen LogP contribution is -2.57. The average molecular weight is 639 g/mol. The average Bonchev–Trinajstić information content (AvgIpc) is 3.58. The standard InChI is InChI=1S/C42H35BN4O2/c1-40(2,3)20-10-18-12-27-30-32-29(18)19(11-20)13-28-31(32)37-33-36(30)46-34-23(14-21(41(4,5)6)16-25(34)44-38(46)48-27)43(33)24-15-22(42(7,8)9)17-26-35(24)47(37)39(45-26)49-28/h10-17H,1-9H3. The van der Waals surface area contributed by atoms with Gasteiger partial charge in [-0.3, -0.25) is 8.80 Å². The Morgan fingerprint density at radius 3 is 1.35 bits per heavy atom. The molecule has 238 valence electrons. The maximum absolute atomic E-state index is 6.92. The highest BCUT2D eigenvalue weighted by molar-refractivity contribution is 7.01. The fourth-order valence-electron chi connectivity index (χ4n) is 9.41. The van der Waals surface area contributed by atoms with Gasteiger partial charge in [-0.1, -0.05) is 86.6 Å². The Balaban J connectivity index is 1.45. The normalized spacial score (nSPS) is 15.0. The summed E-state index contributed by atoms with van der Waals surface area (Å²) in [6.45, 7) is 20.6. The Kier molecular flexibility index (Phi) is 4.15. The molecule has 0 saturated heterocycles. The Labute approximate surface area is 282 Å². The summed E-state index contributed by atoms with van der Waals surface area (Å²) < 4.78 is 18.5. The highest BCUT2D eigenvalue weighted by Gasteiger charge is 2.43. The lowest BCUT2D eigenvalue weighted by molar-refractivity contribution is 0.591. The summed E-state index contributed by atoms with van der Waals surface area (Å²) in [5, 5.41) is 7.14. The number of hydrogen-bond acceptors (Lipinski definition) is 4. The van der Waals surface area contributed by atoms with E-state index in [4.69, 9.17) is 18.8 Å². The molecule has 12 rings (SSSR count). The van der Waals surface area contributed by atoms with Crippen LogP contribution in [0, 0.1) is 0 Å². The molecule has 0 aliphatic carbocycles. The van der Waals surface area contributed by atoms with E-state index < -0.39 is 0 Å². The minimum Gasteiger partial charge on any atom is -0.424 e. The third kappa shape index (κ3) is 2.93. The van der Waals surface area contributed by atoms with Crippen molar-refractivity contribution in [2.45, 2.75) is 78.6 Å². The van der Waals surface area contributed by atoms with E-state index in [9.17, 15) is 0 Å². The van der Waals surface area contributed by atoms with Crippen LogP contribution in [0.25, 0.3) is 88.3 Å². The molecule has 2 aliphatic heterocycles. The second kappa shape index (κ2) is 7.57. The van der Waals surface area contributed by atoms with E-state index >= 15 is 0 Å². The Morgan fingerprint density at radius 1 is 0.490 bits per heavy atom. The van der Waals surface area contributed by atoms with Gasteiger partial charge in [0, 0.05) is 16.2 Å². The van der Waals surface area contributed by atoms with Crippen LogP contribution in [0.5, 0.6) is 0 Å². The number of rotatable bonds is 0. The number of benzene rings is 6. The Bertz CT molecular complexity index is 3020. The first-order valence-corrected chi connectivity index (χ1v) is 17.5. The van der Waals surface area contributed by atoms with Crippen molar-refractivity contribution in [1.82, 2.24) is 18.8 Å². The molecule has 0 radical (unpaired) electrons. The first kappa shape index (κ1) is 26.9. The molecule has 0 bridgehead atoms. The minimum absolute atomic E-state index is 0.00000967. The Morgan fingerprint density at radius 2 is 0.918 bits per heavy atom. The predicted molar refractivity (Wildman–Crippen MR) is 203 cm³/mol. The molecule has 2 aliphatic rings. The van der Waals surface area contributed by atoms with Crippen LogP contribution in [-0.4, -0.2) is 25.5 Å². The van der Waals surface area contributed by atoms with Gasteiger partial charge < -0.3 is 8.83 Å². The van der Waals surface area contributed by atoms with Gasteiger partial charge in [-0.15, -0.1) is 0 Å². The van der Waals surface area contributed by atoms with Crippen LogP contribution in [0.3, 0.4) is 0 Å². The third-order valence-electron chi connectivity index (χ3n) is 11.9. The van der Waals surface area contributed by atoms with Crippen LogP contribution >= 0.6 is 0 Å². The molecule has 10 aromatic rings. The van der Waals surface area contributed by atoms with E-state index in [1.165, 1.54) is 65.7 Å². The number of nitrogens with zero attached hydrogens (tertiary/aromatic N) is 4. The number of hydrogen-bond donors (Lipinski definition) is 0. The zero-order valence-electron chi connectivity index (χ0n) is 29.3. The monoisotopic (exact) mass is 638 g/mol. The number of imidazole rings is 2. The molecular formula is C42H35BN4O2. The second-order valence-electron chi connectivity index (χ2n) is 18.0. The van der Waals surface area contributed by atoms with E-state index in [2.05, 4.69) is 120 Å². The summed E-state index contributed by atoms with van der Waals surface area (Å²) in [5.41, 5.74) is 16.0. The molecule has 0 N–H and O–H groups in total. The fraction of sp³-hybridized carbons (Fsp3) is 0.286. The van der Waals surface area contributed by atoms with E-state index in [-0.39, 0.29) is 23.0 Å². The molecule has 7 heteroatoms. The van der Waals surface area contributed by atoms with Gasteiger partial charge >= 0.3 is 11.7 Å². The predicted octanol–water partition coefficient (Wildman–Crippen LogP) is 8.71. The van der Waals surface area contributed by atoms with Gasteiger partial charge in [0.05, 0.1) is 33.1 Å². The largest absolute Gasteiger partial charge is 0.424 e. The van der Waals surface area contributed by atoms with Gasteiger partial charge in [-0.2, -0.15) is 9.97 Å². The SMILES string of the molecule is CC(C)(C)c1cc2cc3oc4nc5cc(C(C)(C)C)cc6c5n4c4c5c7c8c(cc(c1)c2c8c34)oc1nc2cc(C(C)(C)C)cc(c2n17)B65. The van der Waals surface area contributed by atoms with Gasteiger partial charge in [-0.25, -0.2) is 0 Å². The highest BCUT2D eigenvalue weighted by atomic mass is 16.4. The van der Waals surface area contributed by atoms with Crippen molar-refractivity contribution in [1.29, 1.82) is 0 Å². The highest BCUT2D eigenvalue weighted by Crippen LogP contribution is 2.48. The minimum atomic E-state index is -0.0576. The fourth-order valence-corrected chi connectivity index (χ4v) is 9.41. The van der Waals surface area contributed by atoms with Crippen molar-refractivity contribution in [3.63, 3.8) is 0 Å². The van der Waals surface area contributed by atoms with Crippen molar-refractivity contribution in [3.05, 3.63) is 65.2 Å². The smallest absolute Gasteiger partial charge is 0.307 e.